The van der Waals surface area contributed by atoms with Gasteiger partial charge in [-0.1, -0.05) is 50.3 Å². The van der Waals surface area contributed by atoms with Crippen molar-refractivity contribution in [1.82, 2.24) is 0 Å². The Morgan fingerprint density at radius 1 is 1.18 bits per heavy atom. The van der Waals surface area contributed by atoms with Gasteiger partial charge in [0, 0.05) is 17.6 Å². The van der Waals surface area contributed by atoms with Crippen LogP contribution in [0.5, 0.6) is 0 Å². The smallest absolute Gasteiger partial charge is 0.333 e. The number of furan rings is 1. The van der Waals surface area contributed by atoms with Gasteiger partial charge in [0.05, 0.1) is 19.3 Å². The summed E-state index contributed by atoms with van der Waals surface area (Å²) in [6.45, 7) is 5.87. The van der Waals surface area contributed by atoms with Crippen molar-refractivity contribution in [2.75, 3.05) is 7.11 Å². The van der Waals surface area contributed by atoms with E-state index in [1.54, 1.807) is 13.2 Å². The first kappa shape index (κ1) is 19.9. The maximum atomic E-state index is 12.5. The van der Waals surface area contributed by atoms with Crippen LogP contribution in [0.1, 0.15) is 37.7 Å². The normalized spacial score (nSPS) is 20.5. The van der Waals surface area contributed by atoms with E-state index in [-0.39, 0.29) is 35.8 Å². The van der Waals surface area contributed by atoms with Crippen LogP contribution in [0.3, 0.4) is 0 Å². The molecule has 5 nitrogen and oxygen atoms in total. The molecule has 5 heteroatoms. The Bertz CT molecular complexity index is 875. The van der Waals surface area contributed by atoms with Crippen LogP contribution in [-0.2, 0) is 32.1 Å². The van der Waals surface area contributed by atoms with Gasteiger partial charge in [0.25, 0.3) is 0 Å². The molecule has 0 radical (unpaired) electrons. The second kappa shape index (κ2) is 8.05. The monoisotopic (exact) mass is 382 g/mol. The van der Waals surface area contributed by atoms with Crippen molar-refractivity contribution in [3.8, 4) is 0 Å². The van der Waals surface area contributed by atoms with Crippen LogP contribution in [0.25, 0.3) is 0 Å². The first-order valence-corrected chi connectivity index (χ1v) is 9.36. The highest BCUT2D eigenvalue weighted by atomic mass is 16.5. The van der Waals surface area contributed by atoms with E-state index in [1.165, 1.54) is 7.11 Å². The topological polar surface area (TPSA) is 65.7 Å². The van der Waals surface area contributed by atoms with Crippen LogP contribution in [-0.4, -0.2) is 19.0 Å². The summed E-state index contributed by atoms with van der Waals surface area (Å²) in [7, 11) is 1.35. The number of benzene rings is 1. The van der Waals surface area contributed by atoms with Gasteiger partial charge >= 0.3 is 11.9 Å². The highest BCUT2D eigenvalue weighted by Gasteiger charge is 2.61. The van der Waals surface area contributed by atoms with E-state index in [4.69, 9.17) is 13.9 Å². The molecular weight excluding hydrogens is 356 g/mol. The third kappa shape index (κ3) is 4.35. The van der Waals surface area contributed by atoms with Crippen molar-refractivity contribution in [2.45, 2.75) is 33.8 Å². The van der Waals surface area contributed by atoms with Crippen molar-refractivity contribution >= 4 is 11.9 Å². The van der Waals surface area contributed by atoms with Crippen LogP contribution in [0, 0.1) is 17.3 Å². The fraction of sp³-hybridized carbons (Fsp3) is 0.391. The fourth-order valence-electron chi connectivity index (χ4n) is 3.57. The van der Waals surface area contributed by atoms with Crippen molar-refractivity contribution in [1.29, 1.82) is 0 Å². The lowest BCUT2D eigenvalue weighted by Gasteiger charge is -2.03. The number of ether oxygens (including phenoxy) is 2. The summed E-state index contributed by atoms with van der Waals surface area (Å²) in [5.74, 6) is -0.0905. The molecule has 2 aromatic rings. The molecule has 0 aliphatic heterocycles. The second-order valence-corrected chi connectivity index (χ2v) is 7.86. The summed E-state index contributed by atoms with van der Waals surface area (Å²) in [6, 6.07) is 12.0. The molecule has 148 valence electrons. The number of carbonyl (C=O) groups excluding carboxylic acids is 2. The Morgan fingerprint density at radius 2 is 1.89 bits per heavy atom. The maximum Gasteiger partial charge on any atom is 0.333 e. The van der Waals surface area contributed by atoms with E-state index >= 15 is 0 Å². The van der Waals surface area contributed by atoms with E-state index in [1.807, 2.05) is 56.3 Å². The van der Waals surface area contributed by atoms with E-state index in [0.717, 1.165) is 16.9 Å². The lowest BCUT2D eigenvalue weighted by atomic mass is 10.1. The van der Waals surface area contributed by atoms with Crippen molar-refractivity contribution in [3.05, 3.63) is 71.2 Å². The zero-order valence-corrected chi connectivity index (χ0v) is 16.7. The molecule has 3 rings (SSSR count). The SMILES string of the molecule is COC(=O)/C(C)=C\C1C(C(=O)OCc2coc(Cc3ccccc3)c2)C1(C)C. The molecular formula is C23H26O5. The van der Waals surface area contributed by atoms with E-state index in [9.17, 15) is 9.59 Å². The molecule has 1 aliphatic rings. The van der Waals surface area contributed by atoms with Crippen LogP contribution in [0.2, 0.25) is 0 Å². The van der Waals surface area contributed by atoms with Gasteiger partial charge in [-0.05, 0) is 29.9 Å². The summed E-state index contributed by atoms with van der Waals surface area (Å²) in [5.41, 5.74) is 2.27. The second-order valence-electron chi connectivity index (χ2n) is 7.86. The molecule has 0 spiro atoms. The zero-order chi connectivity index (χ0) is 20.3. The fourth-order valence-corrected chi connectivity index (χ4v) is 3.57. The van der Waals surface area contributed by atoms with Gasteiger partial charge in [-0.15, -0.1) is 0 Å². The first-order valence-electron chi connectivity index (χ1n) is 9.36. The third-order valence-corrected chi connectivity index (χ3v) is 5.41. The third-order valence-electron chi connectivity index (χ3n) is 5.41. The standard InChI is InChI=1S/C23H26O5/c1-15(21(24)26-4)10-19-20(23(19,2)3)22(25)28-14-17-12-18(27-13-17)11-16-8-6-5-7-9-16/h5-10,12-13,19-20H,11,14H2,1-4H3/b15-10-. The lowest BCUT2D eigenvalue weighted by molar-refractivity contribution is -0.147. The van der Waals surface area contributed by atoms with Crippen LogP contribution < -0.4 is 0 Å². The summed E-state index contributed by atoms with van der Waals surface area (Å²) >= 11 is 0. The van der Waals surface area contributed by atoms with Gasteiger partial charge in [-0.2, -0.15) is 0 Å². The number of hydrogen-bond acceptors (Lipinski definition) is 5. The highest BCUT2D eigenvalue weighted by molar-refractivity contribution is 5.88. The van der Waals surface area contributed by atoms with Gasteiger partial charge in [0.1, 0.15) is 12.4 Å². The van der Waals surface area contributed by atoms with Gasteiger partial charge in [-0.3, -0.25) is 4.79 Å². The molecule has 0 saturated heterocycles. The maximum absolute atomic E-state index is 12.5. The molecule has 1 aliphatic carbocycles. The van der Waals surface area contributed by atoms with E-state index in [2.05, 4.69) is 0 Å². The molecule has 28 heavy (non-hydrogen) atoms. The number of carbonyl (C=O) groups is 2. The Kier molecular flexibility index (Phi) is 5.73. The average Bonchev–Trinajstić information content (AvgIpc) is 3.00. The summed E-state index contributed by atoms with van der Waals surface area (Å²) < 4.78 is 15.8. The number of methoxy groups -OCH3 is 1. The van der Waals surface area contributed by atoms with Crippen molar-refractivity contribution in [2.24, 2.45) is 17.3 Å². The Labute approximate surface area is 165 Å². The lowest BCUT2D eigenvalue weighted by Crippen LogP contribution is -2.10. The van der Waals surface area contributed by atoms with Crippen LogP contribution >= 0.6 is 0 Å². The predicted molar refractivity (Wildman–Crippen MR) is 104 cm³/mol. The number of allylic oxidation sites excluding steroid dienone is 1. The molecule has 1 saturated carbocycles. The molecule has 2 unspecified atom stereocenters. The molecule has 1 aromatic carbocycles. The number of rotatable bonds is 7. The van der Waals surface area contributed by atoms with Crippen LogP contribution in [0.15, 0.2) is 58.7 Å². The largest absolute Gasteiger partial charge is 0.469 e. The summed E-state index contributed by atoms with van der Waals surface area (Å²) in [6.07, 6.45) is 4.14. The van der Waals surface area contributed by atoms with Gasteiger partial charge in [0.2, 0.25) is 0 Å². The number of hydrogen-bond donors (Lipinski definition) is 0. The molecule has 1 aromatic heterocycles. The molecule has 1 fully saturated rings. The summed E-state index contributed by atoms with van der Waals surface area (Å²) in [4.78, 5) is 24.1. The Morgan fingerprint density at radius 3 is 2.57 bits per heavy atom. The van der Waals surface area contributed by atoms with Crippen molar-refractivity contribution in [3.63, 3.8) is 0 Å². The van der Waals surface area contributed by atoms with Crippen molar-refractivity contribution < 1.29 is 23.5 Å². The highest BCUT2D eigenvalue weighted by Crippen LogP contribution is 2.59. The Balaban J connectivity index is 1.55. The zero-order valence-electron chi connectivity index (χ0n) is 16.7. The molecule has 2 atom stereocenters. The minimum absolute atomic E-state index is 0.0305. The van der Waals surface area contributed by atoms with Gasteiger partial charge in [-0.25, -0.2) is 4.79 Å². The minimum atomic E-state index is -0.376. The van der Waals surface area contributed by atoms with E-state index < -0.39 is 0 Å². The quantitative estimate of drug-likeness (QED) is 0.527. The predicted octanol–water partition coefficient (Wildman–Crippen LogP) is 4.31. The molecule has 1 heterocycles. The minimum Gasteiger partial charge on any atom is -0.469 e. The first-order chi connectivity index (χ1) is 13.3. The molecule has 0 bridgehead atoms. The molecule has 0 amide bonds. The average molecular weight is 382 g/mol. The van der Waals surface area contributed by atoms with E-state index in [0.29, 0.717) is 12.0 Å². The van der Waals surface area contributed by atoms with Gasteiger partial charge in [0.15, 0.2) is 0 Å². The Hall–Kier alpha value is -2.82. The van der Waals surface area contributed by atoms with Crippen LogP contribution in [0.4, 0.5) is 0 Å². The number of esters is 2. The molecule has 0 N–H and O–H groups in total. The summed E-state index contributed by atoms with van der Waals surface area (Å²) in [5, 5.41) is 0. The van der Waals surface area contributed by atoms with Gasteiger partial charge < -0.3 is 13.9 Å².